The fraction of sp³-hybridized carbons (Fsp3) is 0.833. The van der Waals surface area contributed by atoms with Gasteiger partial charge in [0.15, 0.2) is 5.41 Å². The molecule has 0 aliphatic heterocycles. The summed E-state index contributed by atoms with van der Waals surface area (Å²) >= 11 is 0. The molecule has 0 aliphatic rings. The second kappa shape index (κ2) is 9.50. The molecule has 1 unspecified atom stereocenters. The maximum absolute atomic E-state index is 11.0. The molecule has 1 atom stereocenters. The van der Waals surface area contributed by atoms with Crippen LogP contribution in [-0.2, 0) is 9.59 Å². The Morgan fingerprint density at radius 2 is 1.59 bits per heavy atom. The third-order valence-electron chi connectivity index (χ3n) is 3.36. The van der Waals surface area contributed by atoms with Gasteiger partial charge in [-0.1, -0.05) is 39.5 Å². The predicted octanol–water partition coefficient (Wildman–Crippen LogP) is 2.12. The van der Waals surface area contributed by atoms with Crippen LogP contribution in [0.3, 0.4) is 0 Å². The van der Waals surface area contributed by atoms with Crippen LogP contribution in [0.15, 0.2) is 0 Å². The summed E-state index contributed by atoms with van der Waals surface area (Å²) in [7, 11) is 0. The Balaban J connectivity index is 0. The van der Waals surface area contributed by atoms with E-state index in [4.69, 9.17) is 10.2 Å². The van der Waals surface area contributed by atoms with Gasteiger partial charge in [0, 0.05) is 0 Å². The number of carboxylic acids is 2. The van der Waals surface area contributed by atoms with Crippen molar-refractivity contribution in [3.8, 4) is 0 Å². The van der Waals surface area contributed by atoms with Crippen molar-refractivity contribution in [1.29, 1.82) is 0 Å². The molecule has 0 spiro atoms. The van der Waals surface area contributed by atoms with E-state index in [1.165, 1.54) is 6.92 Å². The van der Waals surface area contributed by atoms with Crippen molar-refractivity contribution in [2.45, 2.75) is 52.9 Å². The van der Waals surface area contributed by atoms with Gasteiger partial charge in [-0.05, 0) is 19.3 Å². The maximum atomic E-state index is 11.0. The molecule has 0 fully saturated rings. The van der Waals surface area contributed by atoms with Crippen molar-refractivity contribution in [3.05, 3.63) is 0 Å². The first kappa shape index (κ1) is 19.9. The van der Waals surface area contributed by atoms with E-state index in [0.29, 0.717) is 6.42 Å². The summed E-state index contributed by atoms with van der Waals surface area (Å²) in [6, 6.07) is 0. The van der Waals surface area contributed by atoms with Gasteiger partial charge in [0.1, 0.15) is 0 Å². The normalized spacial score (nSPS) is 12.6. The topological polar surface area (TPSA) is 74.6 Å². The molecule has 0 aromatic rings. The molecule has 0 saturated carbocycles. The number of aliphatic carboxylic acids is 2. The van der Waals surface area contributed by atoms with E-state index in [2.05, 4.69) is 6.92 Å². The molecule has 0 bridgehead atoms. The Hall–Kier alpha value is 0.576. The average molecular weight is 270 g/mol. The molecule has 0 rings (SSSR count). The number of unbranched alkanes of at least 4 members (excludes halogenated alkanes) is 3. The standard InChI is InChI=1S/C12H22O4.K.H/c1-4-5-6-7-8-9(2)12(3,10(13)14)11(15)16;;/h9H,4-8H2,1-3H3,(H,13,14)(H,15,16);;. The van der Waals surface area contributed by atoms with Crippen molar-refractivity contribution >= 4 is 63.3 Å². The zero-order chi connectivity index (χ0) is 12.8. The van der Waals surface area contributed by atoms with Crippen LogP contribution in [0, 0.1) is 11.3 Å². The van der Waals surface area contributed by atoms with E-state index >= 15 is 0 Å². The molecule has 17 heavy (non-hydrogen) atoms. The molecule has 0 aromatic carbocycles. The number of hydrogen-bond acceptors (Lipinski definition) is 2. The third-order valence-corrected chi connectivity index (χ3v) is 3.36. The number of carboxylic acid groups (broad SMARTS) is 2. The van der Waals surface area contributed by atoms with Crippen LogP contribution in [0.1, 0.15) is 52.9 Å². The zero-order valence-corrected chi connectivity index (χ0v) is 10.3. The summed E-state index contributed by atoms with van der Waals surface area (Å²) in [6.07, 6.45) is 4.81. The Morgan fingerprint density at radius 3 is 1.94 bits per heavy atom. The van der Waals surface area contributed by atoms with Crippen LogP contribution in [0.2, 0.25) is 0 Å². The molecular weight excluding hydrogens is 247 g/mol. The van der Waals surface area contributed by atoms with E-state index in [-0.39, 0.29) is 57.3 Å². The summed E-state index contributed by atoms with van der Waals surface area (Å²) in [6.45, 7) is 5.10. The quantitative estimate of drug-likeness (QED) is 0.402. The fourth-order valence-corrected chi connectivity index (χ4v) is 1.68. The van der Waals surface area contributed by atoms with E-state index in [0.717, 1.165) is 25.7 Å². The first-order valence-electron chi connectivity index (χ1n) is 5.84. The minimum absolute atomic E-state index is 0. The van der Waals surface area contributed by atoms with Crippen LogP contribution in [0.5, 0.6) is 0 Å². The van der Waals surface area contributed by atoms with Crippen LogP contribution in [0.4, 0.5) is 0 Å². The van der Waals surface area contributed by atoms with Gasteiger partial charge < -0.3 is 10.2 Å². The van der Waals surface area contributed by atoms with E-state index in [1.54, 1.807) is 6.92 Å². The van der Waals surface area contributed by atoms with Crippen LogP contribution in [-0.4, -0.2) is 73.5 Å². The number of carbonyl (C=O) groups is 2. The van der Waals surface area contributed by atoms with Gasteiger partial charge in [0.2, 0.25) is 0 Å². The molecule has 0 amide bonds. The zero-order valence-electron chi connectivity index (χ0n) is 10.3. The number of hydrogen-bond donors (Lipinski definition) is 2. The molecule has 0 radical (unpaired) electrons. The van der Waals surface area contributed by atoms with Gasteiger partial charge in [-0.25, -0.2) is 0 Å². The molecule has 0 heterocycles. The minimum atomic E-state index is -1.66. The Morgan fingerprint density at radius 1 is 1.12 bits per heavy atom. The van der Waals surface area contributed by atoms with Crippen molar-refractivity contribution in [2.75, 3.05) is 0 Å². The molecule has 0 aromatic heterocycles. The van der Waals surface area contributed by atoms with Gasteiger partial charge in [0.25, 0.3) is 0 Å². The molecule has 4 nitrogen and oxygen atoms in total. The molecule has 96 valence electrons. The Labute approximate surface area is 146 Å². The van der Waals surface area contributed by atoms with Gasteiger partial charge in [-0.3, -0.25) is 9.59 Å². The van der Waals surface area contributed by atoms with Crippen molar-refractivity contribution in [1.82, 2.24) is 0 Å². The van der Waals surface area contributed by atoms with Crippen LogP contribution >= 0.6 is 0 Å². The van der Waals surface area contributed by atoms with Crippen LogP contribution < -0.4 is 0 Å². The van der Waals surface area contributed by atoms with Gasteiger partial charge in [0.05, 0.1) is 0 Å². The summed E-state index contributed by atoms with van der Waals surface area (Å²) in [5.74, 6) is -2.84. The first-order valence-corrected chi connectivity index (χ1v) is 5.84. The molecule has 2 N–H and O–H groups in total. The second-order valence-corrected chi connectivity index (χ2v) is 4.56. The second-order valence-electron chi connectivity index (χ2n) is 4.56. The van der Waals surface area contributed by atoms with Gasteiger partial charge in [-0.2, -0.15) is 0 Å². The SMILES string of the molecule is CCCCCCC(C)C(C)(C(=O)O)C(=O)O.[KH]. The number of rotatable bonds is 8. The van der Waals surface area contributed by atoms with Crippen molar-refractivity contribution < 1.29 is 19.8 Å². The van der Waals surface area contributed by atoms with E-state index in [9.17, 15) is 9.59 Å². The summed E-state index contributed by atoms with van der Waals surface area (Å²) in [5.41, 5.74) is -1.66. The first-order chi connectivity index (χ1) is 7.37. The summed E-state index contributed by atoms with van der Waals surface area (Å²) in [4.78, 5) is 22.0. The van der Waals surface area contributed by atoms with Crippen molar-refractivity contribution in [2.24, 2.45) is 11.3 Å². The fourth-order valence-electron chi connectivity index (χ4n) is 1.68. The molecule has 0 saturated heterocycles. The predicted molar refractivity (Wildman–Crippen MR) is 68.5 cm³/mol. The van der Waals surface area contributed by atoms with Crippen LogP contribution in [0.25, 0.3) is 0 Å². The molecular formula is C12H23KO4. The molecule has 5 heteroatoms. The van der Waals surface area contributed by atoms with Gasteiger partial charge >= 0.3 is 63.3 Å². The Kier molecular flexibility index (Phi) is 11.1. The average Bonchev–Trinajstić information content (AvgIpc) is 2.22. The monoisotopic (exact) mass is 270 g/mol. The van der Waals surface area contributed by atoms with E-state index < -0.39 is 17.4 Å². The van der Waals surface area contributed by atoms with Gasteiger partial charge in [-0.15, -0.1) is 0 Å². The summed E-state index contributed by atoms with van der Waals surface area (Å²) in [5, 5.41) is 18.0. The molecule has 0 aliphatic carbocycles. The van der Waals surface area contributed by atoms with Crippen molar-refractivity contribution in [3.63, 3.8) is 0 Å². The Bertz CT molecular complexity index is 239. The van der Waals surface area contributed by atoms with E-state index in [1.807, 2.05) is 0 Å². The summed E-state index contributed by atoms with van der Waals surface area (Å²) < 4.78 is 0. The third kappa shape index (κ3) is 5.83.